The van der Waals surface area contributed by atoms with Gasteiger partial charge < -0.3 is 10.1 Å². The van der Waals surface area contributed by atoms with Crippen molar-refractivity contribution < 1.29 is 17.9 Å². The maximum Gasteiger partial charge on any atom is 0.235 e. The summed E-state index contributed by atoms with van der Waals surface area (Å²) in [6.45, 7) is 0.243. The Morgan fingerprint density at radius 1 is 1.07 bits per heavy atom. The summed E-state index contributed by atoms with van der Waals surface area (Å²) in [6.07, 6.45) is 6.03. The molecule has 30 heavy (non-hydrogen) atoms. The molecule has 0 spiro atoms. The molecule has 1 aliphatic carbocycles. The number of hydrogen-bond acceptors (Lipinski definition) is 5. The van der Waals surface area contributed by atoms with Crippen LogP contribution < -0.4 is 10.1 Å². The second kappa shape index (κ2) is 10.3. The molecule has 1 fully saturated rings. The summed E-state index contributed by atoms with van der Waals surface area (Å²) < 4.78 is 30.6. The number of hydrogen-bond donors (Lipinski definition) is 1. The van der Waals surface area contributed by atoms with Crippen molar-refractivity contribution in [2.24, 2.45) is 0 Å². The second-order valence-electron chi connectivity index (χ2n) is 7.64. The third-order valence-corrected chi connectivity index (χ3v) is 6.54. The Kier molecular flexibility index (Phi) is 7.47. The highest BCUT2D eigenvalue weighted by Gasteiger charge is 2.18. The zero-order chi connectivity index (χ0) is 21.4. The molecule has 2 aromatic rings. The number of amides is 1. The number of rotatable bonds is 8. The number of nitrogens with zero attached hydrogens (tertiary/aromatic N) is 1. The van der Waals surface area contributed by atoms with Crippen molar-refractivity contribution in [1.82, 2.24) is 5.32 Å². The molecule has 7 heteroatoms. The highest BCUT2D eigenvalue weighted by Crippen LogP contribution is 2.24. The number of benzene rings is 2. The monoisotopic (exact) mass is 426 g/mol. The molecule has 0 saturated heterocycles. The highest BCUT2D eigenvalue weighted by atomic mass is 32.2. The topological polar surface area (TPSA) is 96.3 Å². The van der Waals surface area contributed by atoms with Gasteiger partial charge in [0.05, 0.1) is 23.5 Å². The van der Waals surface area contributed by atoms with Gasteiger partial charge in [-0.15, -0.1) is 0 Å². The van der Waals surface area contributed by atoms with Crippen LogP contribution in [0.25, 0.3) is 0 Å². The van der Waals surface area contributed by atoms with Crippen molar-refractivity contribution in [3.05, 3.63) is 65.2 Å². The van der Waals surface area contributed by atoms with E-state index in [0.717, 1.165) is 24.2 Å². The molecule has 0 aliphatic heterocycles. The summed E-state index contributed by atoms with van der Waals surface area (Å²) in [5, 5.41) is 11.5. The largest absolute Gasteiger partial charge is 0.490 e. The molecule has 1 saturated carbocycles. The molecule has 0 unspecified atom stereocenters. The summed E-state index contributed by atoms with van der Waals surface area (Å²) in [7, 11) is -3.60. The van der Waals surface area contributed by atoms with Crippen molar-refractivity contribution in [3.63, 3.8) is 0 Å². The van der Waals surface area contributed by atoms with Crippen LogP contribution in [0, 0.1) is 11.3 Å². The molecule has 0 aromatic heterocycles. The van der Waals surface area contributed by atoms with Crippen molar-refractivity contribution >= 4 is 15.7 Å². The first-order valence-corrected chi connectivity index (χ1v) is 12.0. The van der Waals surface area contributed by atoms with Gasteiger partial charge in [-0.2, -0.15) is 5.26 Å². The van der Waals surface area contributed by atoms with Gasteiger partial charge in [0.15, 0.2) is 9.84 Å². The first-order valence-electron chi connectivity index (χ1n) is 10.2. The fourth-order valence-electron chi connectivity index (χ4n) is 3.54. The Hall–Kier alpha value is -2.85. The minimum absolute atomic E-state index is 0.239. The van der Waals surface area contributed by atoms with Crippen molar-refractivity contribution in [2.75, 3.05) is 5.75 Å². The van der Waals surface area contributed by atoms with E-state index in [-0.39, 0.29) is 18.4 Å². The third kappa shape index (κ3) is 6.89. The Morgan fingerprint density at radius 2 is 1.80 bits per heavy atom. The fraction of sp³-hybridized carbons (Fsp3) is 0.391. The molecule has 0 atom stereocenters. The molecule has 1 N–H and O–H groups in total. The van der Waals surface area contributed by atoms with Gasteiger partial charge in [0, 0.05) is 6.54 Å². The van der Waals surface area contributed by atoms with Gasteiger partial charge in [0.1, 0.15) is 11.5 Å². The predicted molar refractivity (Wildman–Crippen MR) is 114 cm³/mol. The molecule has 0 bridgehead atoms. The molecule has 158 valence electrons. The van der Waals surface area contributed by atoms with Gasteiger partial charge in [0.2, 0.25) is 5.91 Å². The van der Waals surface area contributed by atoms with E-state index in [2.05, 4.69) is 5.32 Å². The summed E-state index contributed by atoms with van der Waals surface area (Å²) in [5.41, 5.74) is 1.87. The van der Waals surface area contributed by atoms with Crippen LogP contribution in [0.3, 0.4) is 0 Å². The molecule has 3 rings (SSSR count). The van der Waals surface area contributed by atoms with Gasteiger partial charge in [-0.1, -0.05) is 30.7 Å². The van der Waals surface area contributed by atoms with Crippen LogP contribution in [0.4, 0.5) is 0 Å². The molecule has 0 heterocycles. The lowest BCUT2D eigenvalue weighted by Gasteiger charge is -2.23. The van der Waals surface area contributed by atoms with Gasteiger partial charge >= 0.3 is 0 Å². The minimum atomic E-state index is -3.60. The van der Waals surface area contributed by atoms with Gasteiger partial charge in [-0.25, -0.2) is 8.42 Å². The number of nitrogens with one attached hydrogen (secondary N) is 1. The number of sulfone groups is 1. The summed E-state index contributed by atoms with van der Waals surface area (Å²) in [6, 6.07) is 15.8. The Labute approximate surface area is 177 Å². The first kappa shape index (κ1) is 21.8. The van der Waals surface area contributed by atoms with Gasteiger partial charge in [-0.3, -0.25) is 4.79 Å². The maximum absolute atomic E-state index is 12.3. The zero-order valence-corrected chi connectivity index (χ0v) is 17.7. The molecule has 2 aromatic carbocycles. The second-order valence-corrected chi connectivity index (χ2v) is 9.71. The molecular formula is C23H26N2O4S. The average Bonchev–Trinajstić information content (AvgIpc) is 2.73. The Morgan fingerprint density at radius 3 is 2.50 bits per heavy atom. The molecule has 1 aliphatic rings. The van der Waals surface area contributed by atoms with E-state index in [0.29, 0.717) is 11.1 Å². The van der Waals surface area contributed by atoms with E-state index >= 15 is 0 Å². The van der Waals surface area contributed by atoms with E-state index in [1.54, 1.807) is 24.3 Å². The smallest absolute Gasteiger partial charge is 0.235 e. The van der Waals surface area contributed by atoms with Crippen LogP contribution in [0.2, 0.25) is 0 Å². The SMILES string of the molecule is N#Cc1ccc(CS(=O)(=O)CC(=O)NCc2cccc(OC3CCCCC3)c2)cc1. The van der Waals surface area contributed by atoms with Crippen LogP contribution in [0.5, 0.6) is 5.75 Å². The lowest BCUT2D eigenvalue weighted by Crippen LogP contribution is -2.30. The van der Waals surface area contributed by atoms with Crippen LogP contribution >= 0.6 is 0 Å². The van der Waals surface area contributed by atoms with Crippen molar-refractivity contribution in [2.45, 2.75) is 50.5 Å². The van der Waals surface area contributed by atoms with Crippen molar-refractivity contribution in [1.29, 1.82) is 5.26 Å². The molecule has 6 nitrogen and oxygen atoms in total. The van der Waals surface area contributed by atoms with E-state index in [4.69, 9.17) is 10.00 Å². The quantitative estimate of drug-likeness (QED) is 0.697. The normalized spacial score (nSPS) is 14.6. The van der Waals surface area contributed by atoms with E-state index < -0.39 is 21.5 Å². The molecule has 1 amide bonds. The first-order chi connectivity index (χ1) is 14.4. The van der Waals surface area contributed by atoms with E-state index in [1.807, 2.05) is 30.3 Å². The summed E-state index contributed by atoms with van der Waals surface area (Å²) >= 11 is 0. The molecular weight excluding hydrogens is 400 g/mol. The van der Waals surface area contributed by atoms with Crippen LogP contribution in [0.1, 0.15) is 48.8 Å². The Bertz CT molecular complexity index is 1000. The average molecular weight is 427 g/mol. The Balaban J connectivity index is 1.49. The molecule has 0 radical (unpaired) electrons. The van der Waals surface area contributed by atoms with Gasteiger partial charge in [0.25, 0.3) is 0 Å². The minimum Gasteiger partial charge on any atom is -0.490 e. The van der Waals surface area contributed by atoms with E-state index in [1.165, 1.54) is 19.3 Å². The predicted octanol–water partition coefficient (Wildman–Crippen LogP) is 3.50. The van der Waals surface area contributed by atoms with E-state index in [9.17, 15) is 13.2 Å². The summed E-state index contributed by atoms with van der Waals surface area (Å²) in [5.74, 6) is -0.577. The highest BCUT2D eigenvalue weighted by molar-refractivity contribution is 7.91. The van der Waals surface area contributed by atoms with Crippen LogP contribution in [-0.2, 0) is 26.9 Å². The van der Waals surface area contributed by atoms with Crippen LogP contribution in [0.15, 0.2) is 48.5 Å². The fourth-order valence-corrected chi connectivity index (χ4v) is 4.84. The summed E-state index contributed by atoms with van der Waals surface area (Å²) in [4.78, 5) is 12.2. The number of carbonyl (C=O) groups excluding carboxylic acids is 1. The van der Waals surface area contributed by atoms with Crippen LogP contribution in [-0.4, -0.2) is 26.2 Å². The van der Waals surface area contributed by atoms with Crippen molar-refractivity contribution in [3.8, 4) is 11.8 Å². The lowest BCUT2D eigenvalue weighted by atomic mass is 9.98. The van der Waals surface area contributed by atoms with Gasteiger partial charge in [-0.05, 0) is 61.1 Å². The number of carbonyl (C=O) groups is 1. The zero-order valence-electron chi connectivity index (χ0n) is 16.8. The number of ether oxygens (including phenoxy) is 1. The third-order valence-electron chi connectivity index (χ3n) is 5.06. The standard InChI is InChI=1S/C23H26N2O4S/c24-14-18-9-11-19(12-10-18)16-30(27,28)17-23(26)25-15-20-5-4-8-22(13-20)29-21-6-2-1-3-7-21/h4-5,8-13,21H,1-3,6-7,15-17H2,(H,25,26). The lowest BCUT2D eigenvalue weighted by molar-refractivity contribution is -0.118. The number of nitriles is 1. The maximum atomic E-state index is 12.3.